The lowest BCUT2D eigenvalue weighted by molar-refractivity contribution is 0.508. The highest BCUT2D eigenvalue weighted by Gasteiger charge is 2.31. The van der Waals surface area contributed by atoms with Crippen LogP contribution in [0.25, 0.3) is 11.3 Å². The van der Waals surface area contributed by atoms with Gasteiger partial charge >= 0.3 is 0 Å². The maximum absolute atomic E-state index is 12.0. The van der Waals surface area contributed by atoms with Crippen LogP contribution in [0.3, 0.4) is 0 Å². The van der Waals surface area contributed by atoms with Gasteiger partial charge in [-0.25, -0.2) is 13.1 Å². The number of nitrogens with two attached hydrogens (primary N) is 1. The highest BCUT2D eigenvalue weighted by atomic mass is 32.2. The van der Waals surface area contributed by atoms with Crippen LogP contribution >= 0.6 is 0 Å². The van der Waals surface area contributed by atoms with Crippen LogP contribution in [-0.4, -0.2) is 34.7 Å². The number of anilines is 1. The number of hydrogen-bond donors (Lipinski definition) is 2. The van der Waals surface area contributed by atoms with E-state index in [-0.39, 0.29) is 23.0 Å². The number of nitrogen functional groups attached to an aromatic ring is 1. The molecule has 1 unspecified atom stereocenters. The minimum Gasteiger partial charge on any atom is -0.384 e. The first kappa shape index (κ1) is 13.9. The maximum Gasteiger partial charge on any atom is 0.191 e. The molecule has 8 heteroatoms. The van der Waals surface area contributed by atoms with E-state index in [0.717, 1.165) is 5.69 Å². The molecule has 1 aliphatic heterocycles. The van der Waals surface area contributed by atoms with E-state index in [4.69, 9.17) is 5.73 Å². The summed E-state index contributed by atoms with van der Waals surface area (Å²) in [5.41, 5.74) is 7.42. The van der Waals surface area contributed by atoms with Gasteiger partial charge in [-0.1, -0.05) is 0 Å². The first-order chi connectivity index (χ1) is 9.85. The molecular weight excluding hydrogens is 292 g/mol. The topological polar surface area (TPSA) is 111 Å². The van der Waals surface area contributed by atoms with Gasteiger partial charge in [-0.3, -0.25) is 4.79 Å². The van der Waals surface area contributed by atoms with Crippen molar-refractivity contribution in [2.24, 2.45) is 0 Å². The van der Waals surface area contributed by atoms with Crippen molar-refractivity contribution in [3.63, 3.8) is 0 Å². The van der Waals surface area contributed by atoms with E-state index in [2.05, 4.69) is 10.1 Å². The lowest BCUT2D eigenvalue weighted by Crippen LogP contribution is -2.15. The first-order valence-corrected chi connectivity index (χ1v) is 8.43. The second-order valence-corrected chi connectivity index (χ2v) is 7.58. The van der Waals surface area contributed by atoms with Gasteiger partial charge in [0.1, 0.15) is 5.82 Å². The molecule has 0 bridgehead atoms. The molecule has 0 amide bonds. The summed E-state index contributed by atoms with van der Waals surface area (Å²) in [6.07, 6.45) is 2.09. The smallest absolute Gasteiger partial charge is 0.191 e. The minimum atomic E-state index is -3.01. The van der Waals surface area contributed by atoms with Crippen LogP contribution in [0.4, 0.5) is 5.82 Å². The number of sulfone groups is 1. The van der Waals surface area contributed by atoms with Gasteiger partial charge < -0.3 is 10.7 Å². The Hall–Kier alpha value is -2.09. The van der Waals surface area contributed by atoms with Crippen molar-refractivity contribution in [2.75, 3.05) is 17.2 Å². The van der Waals surface area contributed by atoms with Crippen molar-refractivity contribution in [3.8, 4) is 11.3 Å². The molecule has 0 radical (unpaired) electrons. The van der Waals surface area contributed by atoms with Crippen LogP contribution in [-0.2, 0) is 9.84 Å². The number of nitrogens with zero attached hydrogens (tertiary/aromatic N) is 2. The lowest BCUT2D eigenvalue weighted by Gasteiger charge is -2.09. The fourth-order valence-corrected chi connectivity index (χ4v) is 4.27. The van der Waals surface area contributed by atoms with Crippen LogP contribution in [0.15, 0.2) is 23.1 Å². The molecule has 3 N–H and O–H groups in total. The second kappa shape index (κ2) is 4.73. The number of hydrogen-bond acceptors (Lipinski definition) is 5. The molecule has 1 saturated heterocycles. The molecular formula is C13H16N4O3S. The molecule has 3 rings (SSSR count). The van der Waals surface area contributed by atoms with Crippen LogP contribution in [0.1, 0.15) is 18.2 Å². The van der Waals surface area contributed by atoms with E-state index in [1.807, 2.05) is 0 Å². The summed E-state index contributed by atoms with van der Waals surface area (Å²) in [5, 5.41) is 4.33. The fraction of sp³-hybridized carbons (Fsp3) is 0.385. The van der Waals surface area contributed by atoms with Crippen molar-refractivity contribution in [1.82, 2.24) is 14.8 Å². The van der Waals surface area contributed by atoms with Gasteiger partial charge in [0.05, 0.1) is 28.8 Å². The SMILES string of the molecule is Cc1cc(=O)c(-c2cc(N)n(C3CCS(=O)(=O)C3)n2)c[nH]1. The van der Waals surface area contributed by atoms with E-state index >= 15 is 0 Å². The Morgan fingerprint density at radius 2 is 2.19 bits per heavy atom. The van der Waals surface area contributed by atoms with Gasteiger partial charge in [0.25, 0.3) is 0 Å². The van der Waals surface area contributed by atoms with E-state index in [1.165, 1.54) is 10.7 Å². The maximum atomic E-state index is 12.0. The summed E-state index contributed by atoms with van der Waals surface area (Å²) in [4.78, 5) is 14.9. The van der Waals surface area contributed by atoms with Gasteiger partial charge in [-0.05, 0) is 13.3 Å². The first-order valence-electron chi connectivity index (χ1n) is 6.61. The summed E-state index contributed by atoms with van der Waals surface area (Å²) >= 11 is 0. The molecule has 7 nitrogen and oxygen atoms in total. The van der Waals surface area contributed by atoms with Crippen molar-refractivity contribution in [2.45, 2.75) is 19.4 Å². The zero-order valence-corrected chi connectivity index (χ0v) is 12.4. The monoisotopic (exact) mass is 308 g/mol. The highest BCUT2D eigenvalue weighted by molar-refractivity contribution is 7.91. The Morgan fingerprint density at radius 1 is 1.43 bits per heavy atom. The summed E-state index contributed by atoms with van der Waals surface area (Å²) in [6, 6.07) is 2.84. The number of rotatable bonds is 2. The van der Waals surface area contributed by atoms with E-state index in [9.17, 15) is 13.2 Å². The molecule has 1 fully saturated rings. The van der Waals surface area contributed by atoms with Crippen LogP contribution in [0, 0.1) is 6.92 Å². The van der Waals surface area contributed by atoms with Crippen LogP contribution < -0.4 is 11.2 Å². The number of H-pyrrole nitrogens is 1. The predicted molar refractivity (Wildman–Crippen MR) is 79.7 cm³/mol. The van der Waals surface area contributed by atoms with Crippen molar-refractivity contribution < 1.29 is 8.42 Å². The Bertz CT molecular complexity index is 851. The van der Waals surface area contributed by atoms with Crippen molar-refractivity contribution in [1.29, 1.82) is 0 Å². The molecule has 0 spiro atoms. The average molecular weight is 308 g/mol. The molecule has 0 aliphatic carbocycles. The number of pyridine rings is 1. The van der Waals surface area contributed by atoms with Crippen LogP contribution in [0.5, 0.6) is 0 Å². The molecule has 2 aromatic heterocycles. The Kier molecular flexibility index (Phi) is 3.12. The second-order valence-electron chi connectivity index (χ2n) is 5.35. The molecule has 112 valence electrons. The third kappa shape index (κ3) is 2.58. The molecule has 0 saturated carbocycles. The van der Waals surface area contributed by atoms with Gasteiger partial charge in [-0.15, -0.1) is 0 Å². The van der Waals surface area contributed by atoms with E-state index in [1.54, 1.807) is 19.2 Å². The third-order valence-electron chi connectivity index (χ3n) is 3.65. The van der Waals surface area contributed by atoms with E-state index < -0.39 is 9.84 Å². The van der Waals surface area contributed by atoms with Gasteiger partial charge in [0.2, 0.25) is 0 Å². The fourth-order valence-electron chi connectivity index (χ4n) is 2.57. The minimum absolute atomic E-state index is 0.0442. The quantitative estimate of drug-likeness (QED) is 0.838. The Labute approximate surface area is 121 Å². The molecule has 1 aliphatic rings. The molecule has 1 atom stereocenters. The molecule has 21 heavy (non-hydrogen) atoms. The van der Waals surface area contributed by atoms with Gasteiger partial charge in [0, 0.05) is 24.0 Å². The van der Waals surface area contributed by atoms with Crippen molar-refractivity contribution >= 4 is 15.7 Å². The zero-order valence-electron chi connectivity index (χ0n) is 11.5. The van der Waals surface area contributed by atoms with Crippen LogP contribution in [0.2, 0.25) is 0 Å². The molecule has 3 heterocycles. The summed E-state index contributed by atoms with van der Waals surface area (Å²) < 4.78 is 24.6. The zero-order chi connectivity index (χ0) is 15.2. The Balaban J connectivity index is 2.00. The number of nitrogens with one attached hydrogen (secondary N) is 1. The normalized spacial score (nSPS) is 20.7. The molecule has 0 aromatic carbocycles. The summed E-state index contributed by atoms with van der Waals surface area (Å²) in [6.45, 7) is 1.79. The lowest BCUT2D eigenvalue weighted by atomic mass is 10.2. The molecule has 2 aromatic rings. The largest absolute Gasteiger partial charge is 0.384 e. The average Bonchev–Trinajstić information content (AvgIpc) is 2.92. The summed E-state index contributed by atoms with van der Waals surface area (Å²) in [7, 11) is -3.01. The van der Waals surface area contributed by atoms with Gasteiger partial charge in [0.15, 0.2) is 15.3 Å². The number of aromatic amines is 1. The third-order valence-corrected chi connectivity index (χ3v) is 5.40. The van der Waals surface area contributed by atoms with Crippen molar-refractivity contribution in [3.05, 3.63) is 34.2 Å². The number of aromatic nitrogens is 3. The predicted octanol–water partition coefficient (Wildman–Crippen LogP) is 0.489. The number of aryl methyl sites for hydroxylation is 1. The van der Waals surface area contributed by atoms with E-state index in [0.29, 0.717) is 23.5 Å². The highest BCUT2D eigenvalue weighted by Crippen LogP contribution is 2.27. The standard InChI is InChI=1S/C13H16N4O3S/c1-8-4-12(18)10(6-15-8)11-5-13(14)17(16-11)9-2-3-21(19,20)7-9/h4-6,9H,2-3,7,14H2,1H3,(H,15,18). The van der Waals surface area contributed by atoms with Gasteiger partial charge in [-0.2, -0.15) is 5.10 Å². The Morgan fingerprint density at radius 3 is 2.81 bits per heavy atom. The summed E-state index contributed by atoms with van der Waals surface area (Å²) in [5.74, 6) is 0.562.